The summed E-state index contributed by atoms with van der Waals surface area (Å²) in [7, 11) is 0. The summed E-state index contributed by atoms with van der Waals surface area (Å²) in [5, 5.41) is 0. The largest absolute Gasteiger partial charge is 0.494 e. The molecule has 0 aliphatic heterocycles. The van der Waals surface area contributed by atoms with Crippen molar-refractivity contribution in [1.82, 2.24) is 0 Å². The monoisotopic (exact) mass is 362 g/mol. The van der Waals surface area contributed by atoms with Crippen LogP contribution in [0.2, 0.25) is 0 Å². The summed E-state index contributed by atoms with van der Waals surface area (Å²) in [6.07, 6.45) is 2.06. The molecule has 27 heavy (non-hydrogen) atoms. The molecule has 0 aliphatic rings. The maximum Gasteiger partial charge on any atom is 0.123 e. The van der Waals surface area contributed by atoms with Crippen molar-refractivity contribution < 1.29 is 13.9 Å². The van der Waals surface area contributed by atoms with Crippen molar-refractivity contribution in [3.05, 3.63) is 90.3 Å². The van der Waals surface area contributed by atoms with Crippen LogP contribution in [-0.4, -0.2) is 13.2 Å². The third-order valence-electron chi connectivity index (χ3n) is 4.29. The molecule has 0 unspecified atom stereocenters. The van der Waals surface area contributed by atoms with E-state index in [-0.39, 0.29) is 5.82 Å². The number of hydrogen-bond acceptors (Lipinski definition) is 2. The minimum absolute atomic E-state index is 0.221. The molecule has 0 heterocycles. The van der Waals surface area contributed by atoms with Gasteiger partial charge in [0.1, 0.15) is 23.9 Å². The Labute approximate surface area is 159 Å². The predicted molar refractivity (Wildman–Crippen MR) is 109 cm³/mol. The third kappa shape index (κ3) is 5.20. The molecule has 0 saturated carbocycles. The summed E-state index contributed by atoms with van der Waals surface area (Å²) in [6.45, 7) is 5.18. The van der Waals surface area contributed by atoms with Gasteiger partial charge in [-0.3, -0.25) is 0 Å². The average Bonchev–Trinajstić information content (AvgIpc) is 2.70. The molecule has 3 heteroatoms. The van der Waals surface area contributed by atoms with Gasteiger partial charge in [0, 0.05) is 0 Å². The molecular weight excluding hydrogens is 339 g/mol. The second kappa shape index (κ2) is 9.04. The lowest BCUT2D eigenvalue weighted by Crippen LogP contribution is -1.95. The van der Waals surface area contributed by atoms with E-state index in [0.29, 0.717) is 13.2 Å². The fraction of sp³-hybridized carbons (Fsp3) is 0.167. The quantitative estimate of drug-likeness (QED) is 0.486. The molecule has 0 fully saturated rings. The van der Waals surface area contributed by atoms with Crippen molar-refractivity contribution in [3.8, 4) is 22.6 Å². The Morgan fingerprint density at radius 2 is 1.30 bits per heavy atom. The van der Waals surface area contributed by atoms with E-state index >= 15 is 0 Å². The maximum absolute atomic E-state index is 13.0. The van der Waals surface area contributed by atoms with Gasteiger partial charge in [-0.15, -0.1) is 0 Å². The fourth-order valence-electron chi connectivity index (χ4n) is 2.75. The first-order valence-electron chi connectivity index (χ1n) is 9.04. The van der Waals surface area contributed by atoms with Crippen molar-refractivity contribution in [3.63, 3.8) is 0 Å². The number of rotatable bonds is 7. The van der Waals surface area contributed by atoms with E-state index in [4.69, 9.17) is 9.47 Å². The van der Waals surface area contributed by atoms with Crippen LogP contribution >= 0.6 is 0 Å². The van der Waals surface area contributed by atoms with Crippen molar-refractivity contribution in [2.75, 3.05) is 13.2 Å². The molecule has 0 spiro atoms. The van der Waals surface area contributed by atoms with E-state index in [1.165, 1.54) is 12.1 Å². The van der Waals surface area contributed by atoms with Gasteiger partial charge in [-0.2, -0.15) is 0 Å². The van der Waals surface area contributed by atoms with Crippen LogP contribution in [-0.2, 0) is 0 Å². The first-order chi connectivity index (χ1) is 13.2. The topological polar surface area (TPSA) is 18.5 Å². The van der Waals surface area contributed by atoms with E-state index in [1.807, 2.05) is 43.3 Å². The molecule has 0 aliphatic carbocycles. The number of hydrogen-bond donors (Lipinski definition) is 0. The molecule has 0 radical (unpaired) electrons. The molecule has 3 aromatic carbocycles. The van der Waals surface area contributed by atoms with Gasteiger partial charge in [0.2, 0.25) is 0 Å². The van der Waals surface area contributed by atoms with Crippen LogP contribution in [0, 0.1) is 5.82 Å². The maximum atomic E-state index is 13.0. The molecular formula is C24H23FO2. The van der Waals surface area contributed by atoms with Crippen molar-refractivity contribution >= 4 is 5.57 Å². The molecule has 0 N–H and O–H groups in total. The molecule has 0 atom stereocenters. The molecule has 0 amide bonds. The molecule has 0 saturated heterocycles. The summed E-state index contributed by atoms with van der Waals surface area (Å²) in [5.74, 6) is 1.44. The van der Waals surface area contributed by atoms with Crippen LogP contribution in [0.1, 0.15) is 19.4 Å². The minimum atomic E-state index is -0.221. The Morgan fingerprint density at radius 1 is 0.778 bits per heavy atom. The third-order valence-corrected chi connectivity index (χ3v) is 4.29. The SMILES string of the molecule is CCOc1ccc(OC/C=C(\C)c2ccc(-c3ccc(F)cc3)cc2)cc1. The van der Waals surface area contributed by atoms with Crippen molar-refractivity contribution in [1.29, 1.82) is 0 Å². The normalized spacial score (nSPS) is 11.3. The first kappa shape index (κ1) is 18.7. The highest BCUT2D eigenvalue weighted by Gasteiger charge is 2.01. The van der Waals surface area contributed by atoms with Crippen LogP contribution in [0.4, 0.5) is 4.39 Å². The fourth-order valence-corrected chi connectivity index (χ4v) is 2.75. The number of halogens is 1. The summed E-state index contributed by atoms with van der Waals surface area (Å²) < 4.78 is 24.2. The van der Waals surface area contributed by atoms with Gasteiger partial charge in [-0.25, -0.2) is 4.39 Å². The Hall–Kier alpha value is -3.07. The van der Waals surface area contributed by atoms with Gasteiger partial charge in [-0.05, 0) is 78.6 Å². The minimum Gasteiger partial charge on any atom is -0.494 e. The van der Waals surface area contributed by atoms with Gasteiger partial charge < -0.3 is 9.47 Å². The first-order valence-corrected chi connectivity index (χ1v) is 9.04. The smallest absolute Gasteiger partial charge is 0.123 e. The molecule has 3 rings (SSSR count). The highest BCUT2D eigenvalue weighted by atomic mass is 19.1. The highest BCUT2D eigenvalue weighted by Crippen LogP contribution is 2.23. The van der Waals surface area contributed by atoms with Gasteiger partial charge in [0.05, 0.1) is 6.61 Å². The Kier molecular flexibility index (Phi) is 6.26. The predicted octanol–water partition coefficient (Wildman–Crippen LogP) is 6.37. The molecule has 0 aromatic heterocycles. The molecule has 0 bridgehead atoms. The average molecular weight is 362 g/mol. The van der Waals surface area contributed by atoms with Crippen LogP contribution < -0.4 is 9.47 Å². The van der Waals surface area contributed by atoms with Crippen molar-refractivity contribution in [2.45, 2.75) is 13.8 Å². The van der Waals surface area contributed by atoms with Gasteiger partial charge in [0.15, 0.2) is 0 Å². The Balaban J connectivity index is 1.59. The van der Waals surface area contributed by atoms with Gasteiger partial charge >= 0.3 is 0 Å². The van der Waals surface area contributed by atoms with Crippen LogP contribution in [0.15, 0.2) is 78.9 Å². The lowest BCUT2D eigenvalue weighted by atomic mass is 10.0. The summed E-state index contributed by atoms with van der Waals surface area (Å²) >= 11 is 0. The zero-order valence-electron chi connectivity index (χ0n) is 15.6. The summed E-state index contributed by atoms with van der Waals surface area (Å²) in [6, 6.07) is 22.4. The zero-order chi connectivity index (χ0) is 19.1. The zero-order valence-corrected chi connectivity index (χ0v) is 15.6. The van der Waals surface area contributed by atoms with E-state index in [0.717, 1.165) is 33.8 Å². The standard InChI is InChI=1S/C24H23FO2/c1-3-26-23-12-14-24(15-13-23)27-17-16-18(2)19-4-6-20(7-5-19)21-8-10-22(25)11-9-21/h4-16H,3,17H2,1-2H3/b18-16+. The summed E-state index contributed by atoms with van der Waals surface area (Å²) in [5.41, 5.74) is 4.35. The molecule has 138 valence electrons. The molecule has 3 aromatic rings. The van der Waals surface area contributed by atoms with Crippen LogP contribution in [0.25, 0.3) is 16.7 Å². The highest BCUT2D eigenvalue weighted by molar-refractivity contribution is 5.69. The molecule has 2 nitrogen and oxygen atoms in total. The van der Waals surface area contributed by atoms with Gasteiger partial charge in [0.25, 0.3) is 0 Å². The number of benzene rings is 3. The second-order valence-corrected chi connectivity index (χ2v) is 6.19. The van der Waals surface area contributed by atoms with E-state index in [9.17, 15) is 4.39 Å². The second-order valence-electron chi connectivity index (χ2n) is 6.19. The van der Waals surface area contributed by atoms with E-state index in [1.54, 1.807) is 12.1 Å². The number of ether oxygens (including phenoxy) is 2. The van der Waals surface area contributed by atoms with E-state index in [2.05, 4.69) is 25.1 Å². The number of allylic oxidation sites excluding steroid dienone is 1. The van der Waals surface area contributed by atoms with E-state index < -0.39 is 0 Å². The lowest BCUT2D eigenvalue weighted by Gasteiger charge is -2.08. The Morgan fingerprint density at radius 3 is 1.85 bits per heavy atom. The summed E-state index contributed by atoms with van der Waals surface area (Å²) in [4.78, 5) is 0. The van der Waals surface area contributed by atoms with Crippen molar-refractivity contribution in [2.24, 2.45) is 0 Å². The lowest BCUT2D eigenvalue weighted by molar-refractivity contribution is 0.336. The Bertz CT molecular complexity index is 879. The van der Waals surface area contributed by atoms with Gasteiger partial charge in [-0.1, -0.05) is 36.4 Å². The van der Waals surface area contributed by atoms with Crippen LogP contribution in [0.5, 0.6) is 11.5 Å². The van der Waals surface area contributed by atoms with Crippen LogP contribution in [0.3, 0.4) is 0 Å².